The quantitative estimate of drug-likeness (QED) is 0.764. The molecule has 2 unspecified atom stereocenters. The molecule has 1 aromatic carbocycles. The van der Waals surface area contributed by atoms with Crippen molar-refractivity contribution in [2.45, 2.75) is 71.5 Å². The Morgan fingerprint density at radius 3 is 2.08 bits per heavy atom. The first-order valence-electron chi connectivity index (χ1n) is 9.65. The summed E-state index contributed by atoms with van der Waals surface area (Å²) in [5.74, 6) is 2.00. The zero-order valence-corrected chi connectivity index (χ0v) is 17.0. The normalized spacial score (nSPS) is 28.8. The highest BCUT2D eigenvalue weighted by atomic mass is 16.7. The Bertz CT molecular complexity index is 615. The van der Waals surface area contributed by atoms with Crippen LogP contribution in [-0.4, -0.2) is 48.5 Å². The second-order valence-corrected chi connectivity index (χ2v) is 8.68. The van der Waals surface area contributed by atoms with Crippen LogP contribution in [0.3, 0.4) is 0 Å². The van der Waals surface area contributed by atoms with Crippen molar-refractivity contribution in [1.29, 1.82) is 0 Å². The predicted molar refractivity (Wildman–Crippen MR) is 107 cm³/mol. The summed E-state index contributed by atoms with van der Waals surface area (Å²) in [4.78, 5) is 2.47. The molecule has 0 spiro atoms. The van der Waals surface area contributed by atoms with Gasteiger partial charge in [-0.2, -0.15) is 0 Å². The van der Waals surface area contributed by atoms with E-state index < -0.39 is 0 Å². The van der Waals surface area contributed by atoms with E-state index in [9.17, 15) is 0 Å². The molecule has 0 saturated carbocycles. The first-order valence-corrected chi connectivity index (χ1v) is 9.65. The molecule has 2 heterocycles. The van der Waals surface area contributed by atoms with E-state index in [1.54, 1.807) is 0 Å². The third kappa shape index (κ3) is 4.58. The number of hydrogen-bond acceptors (Lipinski definition) is 4. The highest BCUT2D eigenvalue weighted by Gasteiger charge is 2.49. The van der Waals surface area contributed by atoms with E-state index in [1.807, 2.05) is 5.98 Å². The van der Waals surface area contributed by atoms with Crippen molar-refractivity contribution < 1.29 is 14.0 Å². The van der Waals surface area contributed by atoms with Crippen LogP contribution < -0.4 is 0 Å². The lowest BCUT2D eigenvalue weighted by atomic mass is 9.89. The maximum Gasteiger partial charge on any atom is 0.487 e. The summed E-state index contributed by atoms with van der Waals surface area (Å²) >= 11 is 0. The minimum Gasteiger partial charge on any atom is -0.400 e. The van der Waals surface area contributed by atoms with Crippen molar-refractivity contribution in [2.75, 3.05) is 13.1 Å². The standard InChI is InChI=1S/C21H32BNO3/c1-16-13-23(14-17(2)24-16)15-19-9-7-18(8-10-19)11-12-22-25-20(3,4)21(5,6)26-22/h7-12,16-17H,13-15H2,1-6H3. The Kier molecular flexibility index (Phi) is 5.64. The molecule has 3 rings (SSSR count). The molecule has 0 amide bonds. The molecule has 142 valence electrons. The second-order valence-electron chi connectivity index (χ2n) is 8.68. The van der Waals surface area contributed by atoms with Crippen LogP contribution in [0.5, 0.6) is 0 Å². The average Bonchev–Trinajstić information content (AvgIpc) is 2.73. The Morgan fingerprint density at radius 2 is 1.54 bits per heavy atom. The van der Waals surface area contributed by atoms with Crippen LogP contribution in [0, 0.1) is 0 Å². The Morgan fingerprint density at radius 1 is 1.00 bits per heavy atom. The molecule has 1 aromatic rings. The van der Waals surface area contributed by atoms with E-state index in [0.717, 1.165) is 25.2 Å². The molecule has 2 aliphatic rings. The van der Waals surface area contributed by atoms with Gasteiger partial charge in [0, 0.05) is 19.6 Å². The van der Waals surface area contributed by atoms with Gasteiger partial charge in [-0.25, -0.2) is 0 Å². The van der Waals surface area contributed by atoms with Gasteiger partial charge in [0.05, 0.1) is 23.4 Å². The van der Waals surface area contributed by atoms with Crippen molar-refractivity contribution in [1.82, 2.24) is 4.90 Å². The lowest BCUT2D eigenvalue weighted by molar-refractivity contribution is -0.0704. The monoisotopic (exact) mass is 357 g/mol. The Hall–Kier alpha value is -1.14. The van der Waals surface area contributed by atoms with Gasteiger partial charge in [-0.05, 0) is 52.7 Å². The smallest absolute Gasteiger partial charge is 0.400 e. The van der Waals surface area contributed by atoms with Gasteiger partial charge >= 0.3 is 7.12 Å². The molecule has 5 heteroatoms. The van der Waals surface area contributed by atoms with Gasteiger partial charge in [0.25, 0.3) is 0 Å². The number of nitrogens with zero attached hydrogens (tertiary/aromatic N) is 1. The maximum absolute atomic E-state index is 6.00. The molecule has 0 N–H and O–H groups in total. The van der Waals surface area contributed by atoms with Crippen LogP contribution in [0.15, 0.2) is 30.2 Å². The molecule has 0 aromatic heterocycles. The molecule has 4 nitrogen and oxygen atoms in total. The van der Waals surface area contributed by atoms with Gasteiger partial charge in [-0.15, -0.1) is 0 Å². The van der Waals surface area contributed by atoms with Gasteiger partial charge in [0.15, 0.2) is 0 Å². The molecule has 0 aliphatic carbocycles. The molecule has 0 bridgehead atoms. The van der Waals surface area contributed by atoms with E-state index in [-0.39, 0.29) is 18.3 Å². The van der Waals surface area contributed by atoms with Gasteiger partial charge < -0.3 is 14.0 Å². The summed E-state index contributed by atoms with van der Waals surface area (Å²) in [7, 11) is -0.295. The van der Waals surface area contributed by atoms with Crippen LogP contribution in [0.4, 0.5) is 0 Å². The van der Waals surface area contributed by atoms with Crippen LogP contribution in [0.25, 0.3) is 6.08 Å². The third-order valence-electron chi connectivity index (χ3n) is 5.60. The number of rotatable bonds is 4. The molecule has 0 radical (unpaired) electrons. The highest BCUT2D eigenvalue weighted by Crippen LogP contribution is 2.37. The van der Waals surface area contributed by atoms with E-state index in [2.05, 4.69) is 76.8 Å². The summed E-state index contributed by atoms with van der Waals surface area (Å²) < 4.78 is 17.8. The molecule has 2 fully saturated rings. The van der Waals surface area contributed by atoms with Gasteiger partial charge in [-0.1, -0.05) is 36.3 Å². The van der Waals surface area contributed by atoms with Crippen LogP contribution in [0.1, 0.15) is 52.7 Å². The topological polar surface area (TPSA) is 30.9 Å². The van der Waals surface area contributed by atoms with Crippen molar-refractivity contribution >= 4 is 13.2 Å². The SMILES string of the molecule is CC1CN(Cc2ccc(C=CB3OC(C)(C)C(C)(C)O3)cc2)CC(C)O1. The molecule has 2 aliphatic heterocycles. The minimum absolute atomic E-state index is 0.293. The third-order valence-corrected chi connectivity index (χ3v) is 5.60. The lowest BCUT2D eigenvalue weighted by Crippen LogP contribution is -2.44. The summed E-state index contributed by atoms with van der Waals surface area (Å²) in [5.41, 5.74) is 1.91. The number of benzene rings is 1. The average molecular weight is 357 g/mol. The second kappa shape index (κ2) is 7.47. The summed E-state index contributed by atoms with van der Waals surface area (Å²) in [6, 6.07) is 8.72. The Balaban J connectivity index is 1.57. The van der Waals surface area contributed by atoms with Gasteiger partial charge in [0.1, 0.15) is 0 Å². The first kappa shape index (κ1) is 19.6. The zero-order valence-electron chi connectivity index (χ0n) is 17.0. The van der Waals surface area contributed by atoms with E-state index in [4.69, 9.17) is 14.0 Å². The van der Waals surface area contributed by atoms with E-state index in [1.165, 1.54) is 5.56 Å². The largest absolute Gasteiger partial charge is 0.487 e. The van der Waals surface area contributed by atoms with Crippen molar-refractivity contribution in [3.8, 4) is 0 Å². The van der Waals surface area contributed by atoms with Gasteiger partial charge in [0.2, 0.25) is 0 Å². The van der Waals surface area contributed by atoms with Crippen LogP contribution in [0.2, 0.25) is 0 Å². The van der Waals surface area contributed by atoms with Gasteiger partial charge in [-0.3, -0.25) is 4.90 Å². The molecule has 26 heavy (non-hydrogen) atoms. The van der Waals surface area contributed by atoms with Crippen LogP contribution in [-0.2, 0) is 20.6 Å². The van der Waals surface area contributed by atoms with Crippen LogP contribution >= 0.6 is 0 Å². The zero-order chi connectivity index (χ0) is 18.9. The Labute approximate surface area is 158 Å². The van der Waals surface area contributed by atoms with Crippen molar-refractivity contribution in [3.05, 3.63) is 41.4 Å². The fraction of sp³-hybridized carbons (Fsp3) is 0.619. The predicted octanol–water partition coefficient (Wildman–Crippen LogP) is 3.94. The maximum atomic E-state index is 6.00. The molecule has 2 saturated heterocycles. The number of morpholine rings is 1. The fourth-order valence-corrected chi connectivity index (χ4v) is 3.56. The summed E-state index contributed by atoms with van der Waals surface area (Å²) in [6.45, 7) is 15.5. The van der Waals surface area contributed by atoms with Crippen molar-refractivity contribution in [3.63, 3.8) is 0 Å². The summed E-state index contributed by atoms with van der Waals surface area (Å²) in [5, 5.41) is 0. The lowest BCUT2D eigenvalue weighted by Gasteiger charge is -2.35. The van der Waals surface area contributed by atoms with Crippen molar-refractivity contribution in [2.24, 2.45) is 0 Å². The van der Waals surface area contributed by atoms with E-state index >= 15 is 0 Å². The molecular weight excluding hydrogens is 325 g/mol. The van der Waals surface area contributed by atoms with E-state index in [0.29, 0.717) is 12.2 Å². The number of ether oxygens (including phenoxy) is 1. The molecular formula is C21H32BNO3. The highest BCUT2D eigenvalue weighted by molar-refractivity contribution is 6.52. The summed E-state index contributed by atoms with van der Waals surface area (Å²) in [6.07, 6.45) is 2.69. The first-order chi connectivity index (χ1) is 12.1. The fourth-order valence-electron chi connectivity index (χ4n) is 3.56. The minimum atomic E-state index is -0.295. The number of hydrogen-bond donors (Lipinski definition) is 0. The molecule has 2 atom stereocenters.